The van der Waals surface area contributed by atoms with Crippen molar-refractivity contribution < 1.29 is 9.90 Å². The van der Waals surface area contributed by atoms with Gasteiger partial charge in [0, 0.05) is 6.04 Å². The molecule has 2 atom stereocenters. The minimum atomic E-state index is -0.690. The molecule has 112 valence electrons. The Labute approximate surface area is 118 Å². The molecule has 0 saturated heterocycles. The van der Waals surface area contributed by atoms with Crippen molar-refractivity contribution >= 4 is 5.97 Å². The molecule has 0 radical (unpaired) electrons. The molecule has 0 aromatic rings. The van der Waals surface area contributed by atoms with Crippen molar-refractivity contribution in [2.75, 3.05) is 13.1 Å². The van der Waals surface area contributed by atoms with Crippen LogP contribution in [0.2, 0.25) is 0 Å². The molecule has 2 unspecified atom stereocenters. The molecule has 1 aliphatic carbocycles. The van der Waals surface area contributed by atoms with E-state index in [1.54, 1.807) is 0 Å². The SMILES string of the molecule is CCCN(CC(=O)O)C1CCCC(C(C)(C)C)CC1. The third-order valence-corrected chi connectivity index (χ3v) is 4.53. The van der Waals surface area contributed by atoms with E-state index >= 15 is 0 Å². The van der Waals surface area contributed by atoms with Crippen LogP contribution >= 0.6 is 0 Å². The minimum absolute atomic E-state index is 0.207. The summed E-state index contributed by atoms with van der Waals surface area (Å²) < 4.78 is 0. The van der Waals surface area contributed by atoms with Gasteiger partial charge in [0.1, 0.15) is 0 Å². The Morgan fingerprint density at radius 3 is 2.42 bits per heavy atom. The summed E-state index contributed by atoms with van der Waals surface area (Å²) in [6.45, 7) is 10.2. The lowest BCUT2D eigenvalue weighted by Gasteiger charge is -2.31. The van der Waals surface area contributed by atoms with E-state index in [1.165, 1.54) is 25.7 Å². The molecule has 0 aromatic carbocycles. The van der Waals surface area contributed by atoms with E-state index in [-0.39, 0.29) is 6.54 Å². The quantitative estimate of drug-likeness (QED) is 0.772. The van der Waals surface area contributed by atoms with Crippen molar-refractivity contribution in [1.29, 1.82) is 0 Å². The fourth-order valence-electron chi connectivity index (χ4n) is 3.36. The lowest BCUT2D eigenvalue weighted by molar-refractivity contribution is -0.139. The Hall–Kier alpha value is -0.570. The summed E-state index contributed by atoms with van der Waals surface area (Å²) in [6.07, 6.45) is 7.15. The standard InChI is InChI=1S/C16H31NO2/c1-5-11-17(12-15(18)19)14-8-6-7-13(9-10-14)16(2,3)4/h13-14H,5-12H2,1-4H3,(H,18,19). The van der Waals surface area contributed by atoms with Crippen molar-refractivity contribution in [2.24, 2.45) is 11.3 Å². The molecule has 3 nitrogen and oxygen atoms in total. The van der Waals surface area contributed by atoms with Gasteiger partial charge in [-0.15, -0.1) is 0 Å². The largest absolute Gasteiger partial charge is 0.480 e. The molecule has 0 heterocycles. The van der Waals surface area contributed by atoms with Crippen molar-refractivity contribution in [3.05, 3.63) is 0 Å². The van der Waals surface area contributed by atoms with Gasteiger partial charge in [0.2, 0.25) is 0 Å². The second kappa shape index (κ2) is 7.28. The van der Waals surface area contributed by atoms with E-state index in [4.69, 9.17) is 5.11 Å². The number of hydrogen-bond acceptors (Lipinski definition) is 2. The average Bonchev–Trinajstić information content (AvgIpc) is 2.52. The van der Waals surface area contributed by atoms with Crippen molar-refractivity contribution in [3.8, 4) is 0 Å². The first-order valence-corrected chi connectivity index (χ1v) is 7.80. The molecular formula is C16H31NO2. The predicted octanol–water partition coefficient (Wildman–Crippen LogP) is 3.78. The minimum Gasteiger partial charge on any atom is -0.480 e. The summed E-state index contributed by atoms with van der Waals surface area (Å²) in [5.41, 5.74) is 0.386. The molecule has 0 spiro atoms. The highest BCUT2D eigenvalue weighted by Gasteiger charge is 2.30. The van der Waals surface area contributed by atoms with Crippen LogP contribution in [0.5, 0.6) is 0 Å². The van der Waals surface area contributed by atoms with Crippen molar-refractivity contribution in [1.82, 2.24) is 4.90 Å². The van der Waals surface area contributed by atoms with E-state index < -0.39 is 5.97 Å². The van der Waals surface area contributed by atoms with Gasteiger partial charge in [-0.3, -0.25) is 9.69 Å². The van der Waals surface area contributed by atoms with Crippen LogP contribution < -0.4 is 0 Å². The Bertz CT molecular complexity index is 283. The van der Waals surface area contributed by atoms with Gasteiger partial charge >= 0.3 is 5.97 Å². The summed E-state index contributed by atoms with van der Waals surface area (Å²) >= 11 is 0. The van der Waals surface area contributed by atoms with Crippen LogP contribution in [0.4, 0.5) is 0 Å². The maximum atomic E-state index is 11.0. The van der Waals surface area contributed by atoms with Crippen LogP contribution in [-0.2, 0) is 4.79 Å². The van der Waals surface area contributed by atoms with E-state index in [2.05, 4.69) is 32.6 Å². The van der Waals surface area contributed by atoms with Gasteiger partial charge in [0.05, 0.1) is 6.54 Å². The summed E-state index contributed by atoms with van der Waals surface area (Å²) in [5.74, 6) is 0.0934. The van der Waals surface area contributed by atoms with Gasteiger partial charge < -0.3 is 5.11 Å². The van der Waals surface area contributed by atoms with Gasteiger partial charge in [-0.1, -0.05) is 34.1 Å². The first-order chi connectivity index (χ1) is 8.84. The molecule has 1 N–H and O–H groups in total. The fourth-order valence-corrected chi connectivity index (χ4v) is 3.36. The molecule has 0 bridgehead atoms. The molecular weight excluding hydrogens is 238 g/mol. The molecule has 1 rings (SSSR count). The highest BCUT2D eigenvalue weighted by Crippen LogP contribution is 2.37. The maximum Gasteiger partial charge on any atom is 0.317 e. The Morgan fingerprint density at radius 1 is 1.21 bits per heavy atom. The predicted molar refractivity (Wildman–Crippen MR) is 79.3 cm³/mol. The van der Waals surface area contributed by atoms with E-state index in [0.29, 0.717) is 11.5 Å². The number of hydrogen-bond donors (Lipinski definition) is 1. The van der Waals surface area contributed by atoms with Gasteiger partial charge in [0.15, 0.2) is 0 Å². The zero-order valence-corrected chi connectivity index (χ0v) is 13.1. The summed E-state index contributed by atoms with van der Waals surface area (Å²) in [7, 11) is 0. The Kier molecular flexibility index (Phi) is 6.31. The lowest BCUT2D eigenvalue weighted by Crippen LogP contribution is -2.39. The van der Waals surface area contributed by atoms with Gasteiger partial charge in [0.25, 0.3) is 0 Å². The van der Waals surface area contributed by atoms with Crippen molar-refractivity contribution in [2.45, 2.75) is 72.3 Å². The van der Waals surface area contributed by atoms with E-state index in [1.807, 2.05) is 0 Å². The third-order valence-electron chi connectivity index (χ3n) is 4.53. The number of carboxylic acids is 1. The average molecular weight is 269 g/mol. The van der Waals surface area contributed by atoms with E-state index in [0.717, 1.165) is 25.3 Å². The summed E-state index contributed by atoms with van der Waals surface area (Å²) in [6, 6.07) is 0.475. The van der Waals surface area contributed by atoms with Crippen molar-refractivity contribution in [3.63, 3.8) is 0 Å². The first kappa shape index (κ1) is 16.5. The molecule has 3 heteroatoms. The monoisotopic (exact) mass is 269 g/mol. The second-order valence-corrected chi connectivity index (χ2v) is 7.09. The smallest absolute Gasteiger partial charge is 0.317 e. The highest BCUT2D eigenvalue weighted by molar-refractivity contribution is 5.69. The van der Waals surface area contributed by atoms with Gasteiger partial charge in [-0.05, 0) is 50.0 Å². The maximum absolute atomic E-state index is 11.0. The lowest BCUT2D eigenvalue weighted by atomic mass is 9.76. The molecule has 0 aliphatic heterocycles. The van der Waals surface area contributed by atoms with Gasteiger partial charge in [-0.2, -0.15) is 0 Å². The van der Waals surface area contributed by atoms with Crippen LogP contribution in [0.25, 0.3) is 0 Å². The number of nitrogens with zero attached hydrogens (tertiary/aromatic N) is 1. The zero-order chi connectivity index (χ0) is 14.5. The molecule has 1 aliphatic rings. The van der Waals surface area contributed by atoms with Gasteiger partial charge in [-0.25, -0.2) is 0 Å². The van der Waals surface area contributed by atoms with Crippen LogP contribution in [-0.4, -0.2) is 35.1 Å². The third kappa shape index (κ3) is 5.52. The summed E-state index contributed by atoms with van der Waals surface area (Å²) in [4.78, 5) is 13.2. The zero-order valence-electron chi connectivity index (χ0n) is 13.1. The summed E-state index contributed by atoms with van der Waals surface area (Å²) in [5, 5.41) is 9.05. The topological polar surface area (TPSA) is 40.5 Å². The Morgan fingerprint density at radius 2 is 1.89 bits per heavy atom. The molecule has 0 aromatic heterocycles. The molecule has 19 heavy (non-hydrogen) atoms. The van der Waals surface area contributed by atoms with Crippen LogP contribution in [0.3, 0.4) is 0 Å². The number of aliphatic carboxylic acids is 1. The highest BCUT2D eigenvalue weighted by atomic mass is 16.4. The van der Waals surface area contributed by atoms with E-state index in [9.17, 15) is 4.79 Å². The number of carboxylic acid groups (broad SMARTS) is 1. The second-order valence-electron chi connectivity index (χ2n) is 7.09. The molecule has 1 fully saturated rings. The van der Waals surface area contributed by atoms with Crippen LogP contribution in [0, 0.1) is 11.3 Å². The van der Waals surface area contributed by atoms with Crippen LogP contribution in [0.1, 0.15) is 66.2 Å². The number of rotatable bonds is 5. The first-order valence-electron chi connectivity index (χ1n) is 7.80. The normalized spacial score (nSPS) is 25.3. The fraction of sp³-hybridized carbons (Fsp3) is 0.938. The number of carbonyl (C=O) groups is 1. The Balaban J connectivity index is 2.60. The molecule has 0 amide bonds. The molecule has 1 saturated carbocycles. The van der Waals surface area contributed by atoms with Crippen LogP contribution in [0.15, 0.2) is 0 Å².